The summed E-state index contributed by atoms with van der Waals surface area (Å²) in [5.74, 6) is 6.64. The standard InChI is InChI=1S/C9H18N2O/c10-11-5-6-12-7-8-3-1-2-4-9(8)11/h8-9H,1-7,10H2/t8-,9-/m0/s1. The Labute approximate surface area is 73.8 Å². The van der Waals surface area contributed by atoms with Crippen LogP contribution in [0.3, 0.4) is 0 Å². The van der Waals surface area contributed by atoms with Gasteiger partial charge in [-0.3, -0.25) is 5.84 Å². The molecule has 2 aliphatic rings. The highest BCUT2D eigenvalue weighted by Crippen LogP contribution is 2.28. The summed E-state index contributed by atoms with van der Waals surface area (Å²) in [6.07, 6.45) is 5.27. The number of fused-ring (bicyclic) bond motifs is 1. The molecule has 1 aliphatic carbocycles. The molecule has 0 unspecified atom stereocenters. The Balaban J connectivity index is 2.01. The van der Waals surface area contributed by atoms with Crippen LogP contribution in [0.1, 0.15) is 25.7 Å². The molecule has 2 N–H and O–H groups in total. The molecule has 12 heavy (non-hydrogen) atoms. The van der Waals surface area contributed by atoms with Crippen LogP contribution >= 0.6 is 0 Å². The molecule has 1 aliphatic heterocycles. The van der Waals surface area contributed by atoms with Crippen LogP contribution in [0.2, 0.25) is 0 Å². The van der Waals surface area contributed by atoms with E-state index in [1.165, 1.54) is 25.7 Å². The van der Waals surface area contributed by atoms with Gasteiger partial charge in [0.1, 0.15) is 0 Å². The largest absolute Gasteiger partial charge is 0.380 e. The second-order valence-corrected chi connectivity index (χ2v) is 3.92. The Kier molecular flexibility index (Phi) is 2.63. The first-order valence-electron chi connectivity index (χ1n) is 4.97. The van der Waals surface area contributed by atoms with Crippen molar-refractivity contribution in [3.05, 3.63) is 0 Å². The van der Waals surface area contributed by atoms with Gasteiger partial charge in [-0.05, 0) is 18.8 Å². The molecule has 3 heteroatoms. The van der Waals surface area contributed by atoms with E-state index in [2.05, 4.69) is 0 Å². The summed E-state index contributed by atoms with van der Waals surface area (Å²) in [5.41, 5.74) is 0. The van der Waals surface area contributed by atoms with Crippen LogP contribution in [-0.2, 0) is 4.74 Å². The van der Waals surface area contributed by atoms with Gasteiger partial charge in [0.05, 0.1) is 13.2 Å². The first kappa shape index (κ1) is 8.48. The van der Waals surface area contributed by atoms with Gasteiger partial charge in [-0.15, -0.1) is 0 Å². The lowest BCUT2D eigenvalue weighted by Gasteiger charge is -2.34. The third-order valence-corrected chi connectivity index (χ3v) is 3.12. The van der Waals surface area contributed by atoms with Crippen LogP contribution in [0, 0.1) is 5.92 Å². The van der Waals surface area contributed by atoms with E-state index < -0.39 is 0 Å². The Morgan fingerprint density at radius 2 is 2.08 bits per heavy atom. The zero-order chi connectivity index (χ0) is 8.39. The average Bonchev–Trinajstić information content (AvgIpc) is 2.29. The Hall–Kier alpha value is -0.120. The lowest BCUT2D eigenvalue weighted by atomic mass is 9.85. The molecule has 0 amide bonds. The van der Waals surface area contributed by atoms with Gasteiger partial charge >= 0.3 is 0 Å². The van der Waals surface area contributed by atoms with Crippen molar-refractivity contribution >= 4 is 0 Å². The highest BCUT2D eigenvalue weighted by atomic mass is 16.5. The van der Waals surface area contributed by atoms with E-state index in [1.54, 1.807) is 0 Å². The van der Waals surface area contributed by atoms with Crippen LogP contribution < -0.4 is 5.84 Å². The molecule has 0 aromatic rings. The van der Waals surface area contributed by atoms with Crippen molar-refractivity contribution in [3.8, 4) is 0 Å². The second kappa shape index (κ2) is 3.73. The van der Waals surface area contributed by atoms with E-state index in [-0.39, 0.29) is 0 Å². The van der Waals surface area contributed by atoms with Gasteiger partial charge in [0.15, 0.2) is 0 Å². The lowest BCUT2D eigenvalue weighted by molar-refractivity contribution is 0.0942. The van der Waals surface area contributed by atoms with Crippen LogP contribution in [0.15, 0.2) is 0 Å². The van der Waals surface area contributed by atoms with Gasteiger partial charge in [0.2, 0.25) is 0 Å². The smallest absolute Gasteiger partial charge is 0.0607 e. The van der Waals surface area contributed by atoms with Gasteiger partial charge in [-0.2, -0.15) is 0 Å². The monoisotopic (exact) mass is 170 g/mol. The highest BCUT2D eigenvalue weighted by molar-refractivity contribution is 4.82. The van der Waals surface area contributed by atoms with E-state index in [0.717, 1.165) is 19.8 Å². The van der Waals surface area contributed by atoms with Gasteiger partial charge in [-0.25, -0.2) is 5.01 Å². The highest BCUT2D eigenvalue weighted by Gasteiger charge is 2.30. The molecular weight excluding hydrogens is 152 g/mol. The van der Waals surface area contributed by atoms with E-state index >= 15 is 0 Å². The average molecular weight is 170 g/mol. The third-order valence-electron chi connectivity index (χ3n) is 3.12. The van der Waals surface area contributed by atoms with Crippen LogP contribution in [0.25, 0.3) is 0 Å². The number of rotatable bonds is 0. The maximum atomic E-state index is 5.94. The van der Waals surface area contributed by atoms with Gasteiger partial charge in [-0.1, -0.05) is 12.8 Å². The maximum absolute atomic E-state index is 5.94. The Morgan fingerprint density at radius 1 is 1.25 bits per heavy atom. The van der Waals surface area contributed by atoms with Crippen LogP contribution in [-0.4, -0.2) is 30.8 Å². The van der Waals surface area contributed by atoms with E-state index in [4.69, 9.17) is 10.6 Å². The van der Waals surface area contributed by atoms with Gasteiger partial charge < -0.3 is 4.74 Å². The predicted octanol–water partition coefficient (Wildman–Crippen LogP) is 0.751. The normalized spacial score (nSPS) is 38.8. The summed E-state index contributed by atoms with van der Waals surface area (Å²) < 4.78 is 5.51. The summed E-state index contributed by atoms with van der Waals surface area (Å²) in [5, 5.41) is 2.00. The quantitative estimate of drug-likeness (QED) is 0.545. The van der Waals surface area contributed by atoms with Gasteiger partial charge in [0.25, 0.3) is 0 Å². The number of ether oxygens (including phenoxy) is 1. The van der Waals surface area contributed by atoms with E-state index in [0.29, 0.717) is 12.0 Å². The molecular formula is C9H18N2O. The van der Waals surface area contributed by atoms with Crippen LogP contribution in [0.5, 0.6) is 0 Å². The molecule has 1 heterocycles. The van der Waals surface area contributed by atoms with Crippen molar-refractivity contribution in [1.82, 2.24) is 5.01 Å². The fourth-order valence-electron chi connectivity index (χ4n) is 2.39. The molecule has 1 saturated carbocycles. The predicted molar refractivity (Wildman–Crippen MR) is 47.5 cm³/mol. The number of hydrazine groups is 1. The summed E-state index contributed by atoms with van der Waals surface area (Å²) in [4.78, 5) is 0. The fourth-order valence-corrected chi connectivity index (χ4v) is 2.39. The summed E-state index contributed by atoms with van der Waals surface area (Å²) >= 11 is 0. The maximum Gasteiger partial charge on any atom is 0.0607 e. The van der Waals surface area contributed by atoms with Crippen molar-refractivity contribution in [2.75, 3.05) is 19.8 Å². The molecule has 0 spiro atoms. The molecule has 70 valence electrons. The number of nitrogens with zero attached hydrogens (tertiary/aromatic N) is 1. The van der Waals surface area contributed by atoms with Crippen molar-refractivity contribution in [2.45, 2.75) is 31.7 Å². The van der Waals surface area contributed by atoms with Crippen molar-refractivity contribution in [1.29, 1.82) is 0 Å². The molecule has 2 atom stereocenters. The fraction of sp³-hybridized carbons (Fsp3) is 1.00. The first-order valence-corrected chi connectivity index (χ1v) is 4.97. The summed E-state index contributed by atoms with van der Waals surface area (Å²) in [7, 11) is 0. The molecule has 1 saturated heterocycles. The third kappa shape index (κ3) is 1.63. The molecule has 2 rings (SSSR count). The number of hydrogen-bond donors (Lipinski definition) is 1. The first-order chi connectivity index (χ1) is 5.88. The minimum atomic E-state index is 0.598. The van der Waals surface area contributed by atoms with Crippen molar-refractivity contribution in [2.24, 2.45) is 11.8 Å². The topological polar surface area (TPSA) is 38.5 Å². The minimum absolute atomic E-state index is 0.598. The zero-order valence-corrected chi connectivity index (χ0v) is 7.54. The van der Waals surface area contributed by atoms with Crippen molar-refractivity contribution in [3.63, 3.8) is 0 Å². The molecule has 0 aromatic heterocycles. The lowest BCUT2D eigenvalue weighted by Crippen LogP contribution is -2.46. The molecule has 0 radical (unpaired) electrons. The SMILES string of the molecule is NN1CCOC[C@@H]2CCCC[C@@H]21. The molecule has 2 fully saturated rings. The molecule has 3 nitrogen and oxygen atoms in total. The molecule has 0 bridgehead atoms. The van der Waals surface area contributed by atoms with Gasteiger partial charge in [0, 0.05) is 12.6 Å². The van der Waals surface area contributed by atoms with Crippen LogP contribution in [0.4, 0.5) is 0 Å². The molecule has 0 aromatic carbocycles. The minimum Gasteiger partial charge on any atom is -0.380 e. The summed E-state index contributed by atoms with van der Waals surface area (Å²) in [6.45, 7) is 2.64. The van der Waals surface area contributed by atoms with E-state index in [9.17, 15) is 0 Å². The number of nitrogens with two attached hydrogens (primary N) is 1. The van der Waals surface area contributed by atoms with Crippen molar-refractivity contribution < 1.29 is 4.74 Å². The second-order valence-electron chi connectivity index (χ2n) is 3.92. The Bertz CT molecular complexity index is 151. The number of hydrogen-bond acceptors (Lipinski definition) is 3. The Morgan fingerprint density at radius 3 is 3.00 bits per heavy atom. The van der Waals surface area contributed by atoms with E-state index in [1.807, 2.05) is 5.01 Å². The summed E-state index contributed by atoms with van der Waals surface area (Å²) in [6, 6.07) is 0.598. The zero-order valence-electron chi connectivity index (χ0n) is 7.54.